The number of rotatable bonds is 8. The average molecular weight is 475 g/mol. The maximum atomic E-state index is 13.2. The van der Waals surface area contributed by atoms with E-state index in [0.29, 0.717) is 13.1 Å². The van der Waals surface area contributed by atoms with E-state index in [2.05, 4.69) is 5.32 Å². The molecule has 0 radical (unpaired) electrons. The number of esters is 1. The Balaban J connectivity index is 1.69. The lowest BCUT2D eigenvalue weighted by Crippen LogP contribution is -2.32. The second kappa shape index (κ2) is 11.3. The van der Waals surface area contributed by atoms with E-state index >= 15 is 0 Å². The summed E-state index contributed by atoms with van der Waals surface area (Å²) in [6, 6.07) is 13.3. The molecule has 33 heavy (non-hydrogen) atoms. The summed E-state index contributed by atoms with van der Waals surface area (Å²) in [5, 5.41) is 2.77. The number of ether oxygens (including phenoxy) is 2. The van der Waals surface area contributed by atoms with Gasteiger partial charge in [0.05, 0.1) is 18.7 Å². The highest BCUT2D eigenvalue weighted by molar-refractivity contribution is 7.89. The van der Waals surface area contributed by atoms with Crippen molar-refractivity contribution in [3.05, 3.63) is 59.7 Å². The van der Waals surface area contributed by atoms with Crippen LogP contribution in [0.3, 0.4) is 0 Å². The van der Waals surface area contributed by atoms with Crippen LogP contribution in [0.4, 0.5) is 0 Å². The summed E-state index contributed by atoms with van der Waals surface area (Å²) >= 11 is 0. The number of nitrogens with one attached hydrogen (secondary N) is 1. The molecule has 0 aliphatic carbocycles. The van der Waals surface area contributed by atoms with Gasteiger partial charge in [-0.25, -0.2) is 13.2 Å². The summed E-state index contributed by atoms with van der Waals surface area (Å²) < 4.78 is 38.3. The minimum absolute atomic E-state index is 0.0353. The Morgan fingerprint density at radius 3 is 2.33 bits per heavy atom. The van der Waals surface area contributed by atoms with Gasteiger partial charge in [0.15, 0.2) is 6.61 Å². The molecule has 0 bridgehead atoms. The molecular formula is C24H30N2O6S. The molecule has 1 N–H and O–H groups in total. The molecule has 2 aromatic rings. The number of amides is 1. The van der Waals surface area contributed by atoms with Crippen molar-refractivity contribution in [3.8, 4) is 5.75 Å². The highest BCUT2D eigenvalue weighted by atomic mass is 32.2. The lowest BCUT2D eigenvalue weighted by Gasteiger charge is -2.21. The van der Waals surface area contributed by atoms with E-state index in [-0.39, 0.29) is 22.3 Å². The molecule has 2 aromatic carbocycles. The maximum Gasteiger partial charge on any atom is 0.338 e. The zero-order valence-corrected chi connectivity index (χ0v) is 19.8. The van der Waals surface area contributed by atoms with Crippen LogP contribution in [-0.4, -0.2) is 51.4 Å². The van der Waals surface area contributed by atoms with Gasteiger partial charge < -0.3 is 14.8 Å². The quantitative estimate of drug-likeness (QED) is 0.589. The molecule has 1 aliphatic heterocycles. The molecule has 1 aliphatic rings. The first-order chi connectivity index (χ1) is 15.8. The summed E-state index contributed by atoms with van der Waals surface area (Å²) in [4.78, 5) is 24.7. The van der Waals surface area contributed by atoms with Gasteiger partial charge >= 0.3 is 5.97 Å². The largest absolute Gasteiger partial charge is 0.495 e. The summed E-state index contributed by atoms with van der Waals surface area (Å²) in [5.41, 5.74) is 0.962. The maximum absolute atomic E-state index is 13.2. The summed E-state index contributed by atoms with van der Waals surface area (Å²) in [5.74, 6) is -1.08. The molecule has 1 heterocycles. The molecule has 3 rings (SSSR count). The Labute approximate surface area is 194 Å². The fourth-order valence-corrected chi connectivity index (χ4v) is 5.45. The summed E-state index contributed by atoms with van der Waals surface area (Å²) in [7, 11) is -2.46. The Morgan fingerprint density at radius 2 is 1.70 bits per heavy atom. The second-order valence-corrected chi connectivity index (χ2v) is 9.87. The predicted octanol–water partition coefficient (Wildman–Crippen LogP) is 3.29. The van der Waals surface area contributed by atoms with E-state index in [4.69, 9.17) is 9.47 Å². The van der Waals surface area contributed by atoms with E-state index in [1.54, 1.807) is 0 Å². The summed E-state index contributed by atoms with van der Waals surface area (Å²) in [6.45, 7) is 2.22. The van der Waals surface area contributed by atoms with Crippen LogP contribution in [-0.2, 0) is 19.6 Å². The molecule has 1 atom stereocenters. The third kappa shape index (κ3) is 6.33. The van der Waals surface area contributed by atoms with Gasteiger partial charge in [0.2, 0.25) is 10.0 Å². The van der Waals surface area contributed by atoms with E-state index in [1.807, 2.05) is 37.3 Å². The Hall–Kier alpha value is -2.91. The highest BCUT2D eigenvalue weighted by Gasteiger charge is 2.29. The molecule has 9 heteroatoms. The van der Waals surface area contributed by atoms with Gasteiger partial charge in [-0.1, -0.05) is 43.2 Å². The van der Waals surface area contributed by atoms with Gasteiger partial charge in [0.1, 0.15) is 10.6 Å². The van der Waals surface area contributed by atoms with Gasteiger partial charge in [0, 0.05) is 13.1 Å². The van der Waals surface area contributed by atoms with Crippen LogP contribution in [0, 0.1) is 0 Å². The minimum Gasteiger partial charge on any atom is -0.495 e. The second-order valence-electron chi connectivity index (χ2n) is 7.96. The molecule has 1 unspecified atom stereocenters. The lowest BCUT2D eigenvalue weighted by atomic mass is 10.1. The number of methoxy groups -OCH3 is 1. The topological polar surface area (TPSA) is 102 Å². The van der Waals surface area contributed by atoms with Gasteiger partial charge in [-0.3, -0.25) is 4.79 Å². The van der Waals surface area contributed by atoms with Crippen LogP contribution in [0.15, 0.2) is 53.4 Å². The number of hydrogen-bond donors (Lipinski definition) is 1. The fraction of sp³-hybridized carbons (Fsp3) is 0.417. The minimum atomic E-state index is -3.84. The zero-order valence-electron chi connectivity index (χ0n) is 19.0. The Bertz CT molecular complexity index is 1060. The van der Waals surface area contributed by atoms with Crippen molar-refractivity contribution in [2.45, 2.75) is 43.5 Å². The molecule has 0 spiro atoms. The van der Waals surface area contributed by atoms with Crippen molar-refractivity contribution in [2.24, 2.45) is 0 Å². The summed E-state index contributed by atoms with van der Waals surface area (Å²) in [6.07, 6.45) is 3.56. The van der Waals surface area contributed by atoms with Crippen LogP contribution in [0.2, 0.25) is 0 Å². The molecule has 1 saturated heterocycles. The van der Waals surface area contributed by atoms with Crippen LogP contribution in [0.5, 0.6) is 5.75 Å². The third-order valence-electron chi connectivity index (χ3n) is 5.59. The van der Waals surface area contributed by atoms with Gasteiger partial charge in [-0.15, -0.1) is 0 Å². The van der Waals surface area contributed by atoms with Crippen LogP contribution in [0.1, 0.15) is 54.6 Å². The van der Waals surface area contributed by atoms with Crippen molar-refractivity contribution in [1.82, 2.24) is 9.62 Å². The monoisotopic (exact) mass is 474 g/mol. The van der Waals surface area contributed by atoms with Gasteiger partial charge in [-0.05, 0) is 43.5 Å². The highest BCUT2D eigenvalue weighted by Crippen LogP contribution is 2.29. The van der Waals surface area contributed by atoms with Crippen molar-refractivity contribution in [3.63, 3.8) is 0 Å². The normalized spacial score (nSPS) is 15.8. The zero-order chi connectivity index (χ0) is 23.8. The Morgan fingerprint density at radius 1 is 1.03 bits per heavy atom. The molecular weight excluding hydrogens is 444 g/mol. The SMILES string of the molecule is COc1ccc(C(=O)OCC(=O)NC(C)c2ccccc2)cc1S(=O)(=O)N1CCCCCC1. The fourth-order valence-electron chi connectivity index (χ4n) is 3.75. The number of sulfonamides is 1. The molecule has 1 amide bonds. The molecule has 0 saturated carbocycles. The smallest absolute Gasteiger partial charge is 0.338 e. The molecule has 1 fully saturated rings. The van der Waals surface area contributed by atoms with Crippen LogP contribution >= 0.6 is 0 Å². The van der Waals surface area contributed by atoms with Crippen LogP contribution in [0.25, 0.3) is 0 Å². The van der Waals surface area contributed by atoms with E-state index < -0.39 is 28.5 Å². The first-order valence-corrected chi connectivity index (χ1v) is 12.5. The standard InChI is InChI=1S/C24H30N2O6S/c1-18(19-10-6-5-7-11-19)25-23(27)17-32-24(28)20-12-13-21(31-2)22(16-20)33(29,30)26-14-8-3-4-9-15-26/h5-7,10-13,16,18H,3-4,8-9,14-15,17H2,1-2H3,(H,25,27). The number of carbonyl (C=O) groups excluding carboxylic acids is 2. The first kappa shape index (κ1) is 24.7. The number of benzene rings is 2. The van der Waals surface area contributed by atoms with Crippen molar-refractivity contribution in [1.29, 1.82) is 0 Å². The van der Waals surface area contributed by atoms with E-state index in [0.717, 1.165) is 31.2 Å². The predicted molar refractivity (Wildman–Crippen MR) is 124 cm³/mol. The van der Waals surface area contributed by atoms with Crippen LogP contribution < -0.4 is 10.1 Å². The average Bonchev–Trinajstić information content (AvgIpc) is 3.13. The molecule has 178 valence electrons. The number of nitrogens with zero attached hydrogens (tertiary/aromatic N) is 1. The number of hydrogen-bond acceptors (Lipinski definition) is 6. The number of carbonyl (C=O) groups is 2. The van der Waals surface area contributed by atoms with Crippen molar-refractivity contribution in [2.75, 3.05) is 26.8 Å². The van der Waals surface area contributed by atoms with E-state index in [9.17, 15) is 18.0 Å². The van der Waals surface area contributed by atoms with Gasteiger partial charge in [-0.2, -0.15) is 4.31 Å². The molecule has 0 aromatic heterocycles. The lowest BCUT2D eigenvalue weighted by molar-refractivity contribution is -0.124. The van der Waals surface area contributed by atoms with Gasteiger partial charge in [0.25, 0.3) is 5.91 Å². The Kier molecular flexibility index (Phi) is 8.46. The van der Waals surface area contributed by atoms with E-state index in [1.165, 1.54) is 29.6 Å². The molecule has 8 nitrogen and oxygen atoms in total. The van der Waals surface area contributed by atoms with Crippen molar-refractivity contribution >= 4 is 21.9 Å². The van der Waals surface area contributed by atoms with Crippen molar-refractivity contribution < 1.29 is 27.5 Å². The third-order valence-corrected chi connectivity index (χ3v) is 7.51. The first-order valence-electron chi connectivity index (χ1n) is 11.0.